The molecule has 0 saturated heterocycles. The van der Waals surface area contributed by atoms with E-state index in [4.69, 9.17) is 16.7 Å². The van der Waals surface area contributed by atoms with Gasteiger partial charge >= 0.3 is 5.97 Å². The molecule has 1 N–H and O–H groups in total. The first-order valence-corrected chi connectivity index (χ1v) is 5.42. The summed E-state index contributed by atoms with van der Waals surface area (Å²) in [5.41, 5.74) is 2.52. The van der Waals surface area contributed by atoms with E-state index in [9.17, 15) is 4.79 Å². The largest absolute Gasteiger partial charge is 0.478 e. The van der Waals surface area contributed by atoms with Gasteiger partial charge in [0.1, 0.15) is 5.15 Å². The van der Waals surface area contributed by atoms with Gasteiger partial charge in [0.05, 0.1) is 5.52 Å². The third-order valence-corrected chi connectivity index (χ3v) is 2.77. The van der Waals surface area contributed by atoms with Crippen molar-refractivity contribution in [1.82, 2.24) is 4.98 Å². The monoisotopic (exact) mass is 247 g/mol. The quantitative estimate of drug-likeness (QED) is 0.654. The van der Waals surface area contributed by atoms with E-state index < -0.39 is 5.97 Å². The molecule has 86 valence electrons. The fourth-order valence-corrected chi connectivity index (χ4v) is 1.69. The summed E-state index contributed by atoms with van der Waals surface area (Å²) in [6.45, 7) is 1.88. The Hall–Kier alpha value is -1.87. The van der Waals surface area contributed by atoms with Crippen LogP contribution in [-0.2, 0) is 4.79 Å². The maximum atomic E-state index is 10.4. The van der Waals surface area contributed by atoms with Crippen LogP contribution >= 0.6 is 11.6 Å². The van der Waals surface area contributed by atoms with Gasteiger partial charge in [0.15, 0.2) is 0 Å². The van der Waals surface area contributed by atoms with Crippen LogP contribution in [0.2, 0.25) is 5.15 Å². The molecule has 1 aromatic carbocycles. The number of rotatable bonds is 2. The zero-order valence-electron chi connectivity index (χ0n) is 9.14. The summed E-state index contributed by atoms with van der Waals surface area (Å²) in [5.74, 6) is -0.962. The second-order valence-electron chi connectivity index (χ2n) is 3.72. The smallest absolute Gasteiger partial charge is 0.328 e. The van der Waals surface area contributed by atoms with Gasteiger partial charge in [-0.15, -0.1) is 0 Å². The van der Waals surface area contributed by atoms with Crippen molar-refractivity contribution in [1.29, 1.82) is 0 Å². The molecule has 2 aromatic rings. The van der Waals surface area contributed by atoms with Crippen molar-refractivity contribution in [2.24, 2.45) is 0 Å². The normalized spacial score (nSPS) is 11.2. The van der Waals surface area contributed by atoms with Gasteiger partial charge in [-0.3, -0.25) is 0 Å². The number of hydrogen-bond donors (Lipinski definition) is 1. The first kappa shape index (κ1) is 11.6. The van der Waals surface area contributed by atoms with Gasteiger partial charge in [-0.1, -0.05) is 17.7 Å². The standard InChI is InChI=1S/C13H10ClNO2/c1-8-6-10-7-9(3-5-12(16)17)2-4-11(10)15-13(8)14/h2-7H,1H3,(H,16,17)/b5-3+. The van der Waals surface area contributed by atoms with Crippen molar-refractivity contribution < 1.29 is 9.90 Å². The van der Waals surface area contributed by atoms with Crippen LogP contribution in [0.3, 0.4) is 0 Å². The molecule has 4 heteroatoms. The number of hydrogen-bond acceptors (Lipinski definition) is 2. The molecular weight excluding hydrogens is 238 g/mol. The molecule has 0 aliphatic heterocycles. The Morgan fingerprint density at radius 1 is 1.41 bits per heavy atom. The van der Waals surface area contributed by atoms with Crippen molar-refractivity contribution in [3.63, 3.8) is 0 Å². The molecule has 0 unspecified atom stereocenters. The lowest BCUT2D eigenvalue weighted by Gasteiger charge is -2.02. The SMILES string of the molecule is Cc1cc2cc(/C=C/C(=O)O)ccc2nc1Cl. The highest BCUT2D eigenvalue weighted by Crippen LogP contribution is 2.21. The summed E-state index contributed by atoms with van der Waals surface area (Å²) >= 11 is 5.93. The molecule has 1 heterocycles. The predicted molar refractivity (Wildman–Crippen MR) is 68.2 cm³/mol. The Labute approximate surface area is 103 Å². The van der Waals surface area contributed by atoms with Gasteiger partial charge in [0.25, 0.3) is 0 Å². The molecule has 0 fully saturated rings. The van der Waals surface area contributed by atoms with Gasteiger partial charge in [-0.25, -0.2) is 9.78 Å². The number of aromatic nitrogens is 1. The lowest BCUT2D eigenvalue weighted by molar-refractivity contribution is -0.131. The fourth-order valence-electron chi connectivity index (χ4n) is 1.55. The maximum Gasteiger partial charge on any atom is 0.328 e. The van der Waals surface area contributed by atoms with Gasteiger partial charge in [-0.05, 0) is 42.3 Å². The number of nitrogens with zero attached hydrogens (tertiary/aromatic N) is 1. The van der Waals surface area contributed by atoms with E-state index in [1.807, 2.05) is 25.1 Å². The van der Waals surface area contributed by atoms with Gasteiger partial charge in [-0.2, -0.15) is 0 Å². The lowest BCUT2D eigenvalue weighted by Crippen LogP contribution is -1.87. The third-order valence-electron chi connectivity index (χ3n) is 2.39. The number of aryl methyl sites for hydroxylation is 1. The number of carboxylic acid groups (broad SMARTS) is 1. The predicted octanol–water partition coefficient (Wildman–Crippen LogP) is 3.29. The molecule has 0 bridgehead atoms. The van der Waals surface area contributed by atoms with Crippen LogP contribution in [0.25, 0.3) is 17.0 Å². The molecule has 1 aromatic heterocycles. The molecule has 3 nitrogen and oxygen atoms in total. The number of carbonyl (C=O) groups is 1. The van der Waals surface area contributed by atoms with Gasteiger partial charge in [0, 0.05) is 11.5 Å². The second-order valence-corrected chi connectivity index (χ2v) is 4.08. The van der Waals surface area contributed by atoms with Crippen LogP contribution in [0.5, 0.6) is 0 Å². The molecule has 0 aliphatic rings. The molecule has 2 rings (SSSR count). The second kappa shape index (κ2) is 4.55. The van der Waals surface area contributed by atoms with E-state index in [0.29, 0.717) is 5.15 Å². The number of carboxylic acids is 1. The van der Waals surface area contributed by atoms with E-state index >= 15 is 0 Å². The highest BCUT2D eigenvalue weighted by molar-refractivity contribution is 6.30. The molecule has 0 aliphatic carbocycles. The average Bonchev–Trinajstić information content (AvgIpc) is 2.28. The Morgan fingerprint density at radius 3 is 2.88 bits per heavy atom. The van der Waals surface area contributed by atoms with Crippen LogP contribution in [0.4, 0.5) is 0 Å². The summed E-state index contributed by atoms with van der Waals surface area (Å²) in [6.07, 6.45) is 2.66. The third kappa shape index (κ3) is 2.63. The fraction of sp³-hybridized carbons (Fsp3) is 0.0769. The summed E-state index contributed by atoms with van der Waals surface area (Å²) in [6, 6.07) is 7.44. The highest BCUT2D eigenvalue weighted by Gasteiger charge is 2.01. The van der Waals surface area contributed by atoms with Crippen LogP contribution < -0.4 is 0 Å². The van der Waals surface area contributed by atoms with Crippen molar-refractivity contribution in [2.45, 2.75) is 6.92 Å². The molecule has 0 atom stereocenters. The number of benzene rings is 1. The van der Waals surface area contributed by atoms with Crippen molar-refractivity contribution in [3.05, 3.63) is 46.6 Å². The summed E-state index contributed by atoms with van der Waals surface area (Å²) in [7, 11) is 0. The van der Waals surface area contributed by atoms with Gasteiger partial charge < -0.3 is 5.11 Å². The van der Waals surface area contributed by atoms with Crippen molar-refractivity contribution in [3.8, 4) is 0 Å². The van der Waals surface area contributed by atoms with Crippen LogP contribution in [-0.4, -0.2) is 16.1 Å². The molecule has 0 amide bonds. The van der Waals surface area contributed by atoms with Gasteiger partial charge in [0.2, 0.25) is 0 Å². The van der Waals surface area contributed by atoms with E-state index in [1.54, 1.807) is 12.1 Å². The zero-order valence-corrected chi connectivity index (χ0v) is 9.90. The Balaban J connectivity index is 2.50. The van der Waals surface area contributed by atoms with Crippen molar-refractivity contribution >= 4 is 34.5 Å². The molecule has 0 spiro atoms. The van der Waals surface area contributed by atoms with Crippen LogP contribution in [0.1, 0.15) is 11.1 Å². The zero-order chi connectivity index (χ0) is 12.4. The average molecular weight is 248 g/mol. The Bertz CT molecular complexity index is 620. The summed E-state index contributed by atoms with van der Waals surface area (Å²) in [4.78, 5) is 14.7. The summed E-state index contributed by atoms with van der Waals surface area (Å²) < 4.78 is 0. The molecule has 0 saturated carbocycles. The minimum absolute atomic E-state index is 0.492. The molecule has 17 heavy (non-hydrogen) atoms. The molecular formula is C13H10ClNO2. The summed E-state index contributed by atoms with van der Waals surface area (Å²) in [5, 5.41) is 9.99. The van der Waals surface area contributed by atoms with Crippen molar-refractivity contribution in [2.75, 3.05) is 0 Å². The number of aliphatic carboxylic acids is 1. The number of pyridine rings is 1. The Kier molecular flexibility index (Phi) is 3.11. The molecule has 0 radical (unpaired) electrons. The number of fused-ring (bicyclic) bond motifs is 1. The first-order valence-electron chi connectivity index (χ1n) is 5.04. The minimum Gasteiger partial charge on any atom is -0.478 e. The van der Waals surface area contributed by atoms with E-state index in [0.717, 1.165) is 28.1 Å². The number of halogens is 1. The van der Waals surface area contributed by atoms with Crippen LogP contribution in [0.15, 0.2) is 30.3 Å². The van der Waals surface area contributed by atoms with E-state index in [1.165, 1.54) is 0 Å². The first-order chi connectivity index (χ1) is 8.06. The lowest BCUT2D eigenvalue weighted by atomic mass is 10.1. The minimum atomic E-state index is -0.962. The van der Waals surface area contributed by atoms with E-state index in [-0.39, 0.29) is 0 Å². The highest BCUT2D eigenvalue weighted by atomic mass is 35.5. The Morgan fingerprint density at radius 2 is 2.18 bits per heavy atom. The maximum absolute atomic E-state index is 10.4. The van der Waals surface area contributed by atoms with E-state index in [2.05, 4.69) is 4.98 Å². The van der Waals surface area contributed by atoms with Crippen LogP contribution in [0, 0.1) is 6.92 Å². The topological polar surface area (TPSA) is 50.2 Å².